The van der Waals surface area contributed by atoms with E-state index in [1.54, 1.807) is 12.1 Å². The van der Waals surface area contributed by atoms with E-state index < -0.39 is 37.3 Å². The lowest BCUT2D eigenvalue weighted by Gasteiger charge is -2.39. The van der Waals surface area contributed by atoms with Crippen LogP contribution in [0, 0.1) is 0 Å². The zero-order chi connectivity index (χ0) is 20.8. The minimum Gasteiger partial charge on any atom is -0.494 e. The molecule has 5 atom stereocenters. The van der Waals surface area contributed by atoms with E-state index >= 15 is 0 Å². The molecule has 2 aromatic rings. The van der Waals surface area contributed by atoms with Gasteiger partial charge in [-0.15, -0.1) is 0 Å². The van der Waals surface area contributed by atoms with Crippen molar-refractivity contribution in [2.75, 3.05) is 13.2 Å². The SMILES string of the molecule is CCCCOc1ccc(-c2ccc(O[C@@H]3O[C@H](CO)[C@@H](O)[C@H](O)[C@H]3O)cc2)cc1. The van der Waals surface area contributed by atoms with Gasteiger partial charge in [0, 0.05) is 0 Å². The van der Waals surface area contributed by atoms with Crippen molar-refractivity contribution in [2.45, 2.75) is 50.5 Å². The summed E-state index contributed by atoms with van der Waals surface area (Å²) in [5, 5.41) is 39.0. The average Bonchev–Trinajstić information content (AvgIpc) is 2.75. The quantitative estimate of drug-likeness (QED) is 0.496. The molecule has 7 heteroatoms. The van der Waals surface area contributed by atoms with Gasteiger partial charge in [-0.25, -0.2) is 0 Å². The summed E-state index contributed by atoms with van der Waals surface area (Å²) in [6.07, 6.45) is -4.40. The van der Waals surface area contributed by atoms with Gasteiger partial charge < -0.3 is 34.6 Å². The van der Waals surface area contributed by atoms with Crippen LogP contribution in [0.4, 0.5) is 0 Å². The number of aliphatic hydroxyl groups is 4. The van der Waals surface area contributed by atoms with Crippen LogP contribution in [-0.4, -0.2) is 64.3 Å². The molecule has 7 nitrogen and oxygen atoms in total. The van der Waals surface area contributed by atoms with E-state index in [0.29, 0.717) is 12.4 Å². The second kappa shape index (κ2) is 10.0. The molecule has 4 N–H and O–H groups in total. The van der Waals surface area contributed by atoms with Gasteiger partial charge in [0.1, 0.15) is 35.9 Å². The standard InChI is InChI=1S/C22H28O7/c1-2-3-12-27-16-8-4-14(5-9-16)15-6-10-17(11-7-15)28-22-21(26)20(25)19(24)18(13-23)29-22/h4-11,18-26H,2-3,12-13H2,1H3/t18-,19-,20+,21-,22-/m1/s1. The smallest absolute Gasteiger partial charge is 0.229 e. The Kier molecular flexibility index (Phi) is 7.46. The summed E-state index contributed by atoms with van der Waals surface area (Å²) in [6, 6.07) is 15.0. The van der Waals surface area contributed by atoms with E-state index in [2.05, 4.69) is 6.92 Å². The van der Waals surface area contributed by atoms with Gasteiger partial charge in [-0.1, -0.05) is 37.6 Å². The lowest BCUT2D eigenvalue weighted by Crippen LogP contribution is -2.60. The molecular formula is C22H28O7. The van der Waals surface area contributed by atoms with E-state index in [0.717, 1.165) is 29.7 Å². The molecule has 0 aliphatic carbocycles. The molecule has 0 spiro atoms. The molecule has 1 aliphatic heterocycles. The normalized spacial score (nSPS) is 26.9. The Hall–Kier alpha value is -2.16. The van der Waals surface area contributed by atoms with Crippen molar-refractivity contribution in [2.24, 2.45) is 0 Å². The first-order chi connectivity index (χ1) is 14.0. The second-order valence-corrected chi connectivity index (χ2v) is 7.07. The van der Waals surface area contributed by atoms with Crippen molar-refractivity contribution in [3.8, 4) is 22.6 Å². The first-order valence-electron chi connectivity index (χ1n) is 9.84. The van der Waals surface area contributed by atoms with Crippen LogP contribution >= 0.6 is 0 Å². The zero-order valence-corrected chi connectivity index (χ0v) is 16.3. The molecule has 0 amide bonds. The maximum Gasteiger partial charge on any atom is 0.229 e. The Morgan fingerprint density at radius 3 is 1.97 bits per heavy atom. The number of ether oxygens (including phenoxy) is 3. The second-order valence-electron chi connectivity index (χ2n) is 7.07. The largest absolute Gasteiger partial charge is 0.494 e. The monoisotopic (exact) mass is 404 g/mol. The van der Waals surface area contributed by atoms with Gasteiger partial charge in [-0.3, -0.25) is 0 Å². The Bertz CT molecular complexity index is 745. The average molecular weight is 404 g/mol. The third-order valence-electron chi connectivity index (χ3n) is 4.91. The molecule has 0 radical (unpaired) electrons. The summed E-state index contributed by atoms with van der Waals surface area (Å²) in [4.78, 5) is 0. The number of aliphatic hydroxyl groups excluding tert-OH is 4. The summed E-state index contributed by atoms with van der Waals surface area (Å²) in [7, 11) is 0. The number of benzene rings is 2. The Labute approximate surface area is 170 Å². The third-order valence-corrected chi connectivity index (χ3v) is 4.91. The lowest BCUT2D eigenvalue weighted by atomic mass is 9.99. The van der Waals surface area contributed by atoms with Crippen LogP contribution in [0.5, 0.6) is 11.5 Å². The van der Waals surface area contributed by atoms with E-state index in [-0.39, 0.29) is 0 Å². The van der Waals surface area contributed by atoms with Crippen LogP contribution in [0.1, 0.15) is 19.8 Å². The molecule has 1 fully saturated rings. The van der Waals surface area contributed by atoms with Gasteiger partial charge in [-0.05, 0) is 41.8 Å². The van der Waals surface area contributed by atoms with E-state index in [1.807, 2.05) is 36.4 Å². The molecular weight excluding hydrogens is 376 g/mol. The van der Waals surface area contributed by atoms with Crippen LogP contribution in [0.15, 0.2) is 48.5 Å². The lowest BCUT2D eigenvalue weighted by molar-refractivity contribution is -0.277. The fourth-order valence-corrected chi connectivity index (χ4v) is 3.10. The highest BCUT2D eigenvalue weighted by Crippen LogP contribution is 2.27. The third kappa shape index (κ3) is 5.26. The van der Waals surface area contributed by atoms with Crippen molar-refractivity contribution < 1.29 is 34.6 Å². The summed E-state index contributed by atoms with van der Waals surface area (Å²) < 4.78 is 16.6. The van der Waals surface area contributed by atoms with Crippen LogP contribution in [0.3, 0.4) is 0 Å². The van der Waals surface area contributed by atoms with Gasteiger partial charge in [0.05, 0.1) is 13.2 Å². The number of unbranched alkanes of at least 4 members (excludes halogenated alkanes) is 1. The summed E-state index contributed by atoms with van der Waals surface area (Å²) in [6.45, 7) is 2.33. The maximum absolute atomic E-state index is 10.1. The molecule has 158 valence electrons. The molecule has 0 aromatic heterocycles. The van der Waals surface area contributed by atoms with Crippen molar-refractivity contribution >= 4 is 0 Å². The molecule has 29 heavy (non-hydrogen) atoms. The maximum atomic E-state index is 10.1. The molecule has 1 aliphatic rings. The Morgan fingerprint density at radius 2 is 1.41 bits per heavy atom. The van der Waals surface area contributed by atoms with Crippen molar-refractivity contribution in [3.63, 3.8) is 0 Å². The molecule has 1 saturated heterocycles. The highest BCUT2D eigenvalue weighted by atomic mass is 16.7. The highest BCUT2D eigenvalue weighted by Gasteiger charge is 2.44. The molecule has 0 bridgehead atoms. The molecule has 0 saturated carbocycles. The van der Waals surface area contributed by atoms with Crippen molar-refractivity contribution in [1.29, 1.82) is 0 Å². The number of hydrogen-bond acceptors (Lipinski definition) is 7. The predicted molar refractivity (Wildman–Crippen MR) is 107 cm³/mol. The van der Waals surface area contributed by atoms with Gasteiger partial charge in [0.25, 0.3) is 0 Å². The highest BCUT2D eigenvalue weighted by molar-refractivity contribution is 5.64. The number of rotatable bonds is 8. The van der Waals surface area contributed by atoms with Crippen LogP contribution in [0.25, 0.3) is 11.1 Å². The summed E-state index contributed by atoms with van der Waals surface area (Å²) in [5.41, 5.74) is 2.00. The predicted octanol–water partition coefficient (Wildman–Crippen LogP) is 1.71. The molecule has 0 unspecified atom stereocenters. The van der Waals surface area contributed by atoms with Gasteiger partial charge in [0.2, 0.25) is 6.29 Å². The first kappa shape index (κ1) is 21.5. The fraction of sp³-hybridized carbons (Fsp3) is 0.455. The zero-order valence-electron chi connectivity index (χ0n) is 16.3. The molecule has 2 aromatic carbocycles. The minimum absolute atomic E-state index is 0.428. The summed E-state index contributed by atoms with van der Waals surface area (Å²) >= 11 is 0. The minimum atomic E-state index is -1.47. The van der Waals surface area contributed by atoms with Gasteiger partial charge in [-0.2, -0.15) is 0 Å². The first-order valence-corrected chi connectivity index (χ1v) is 9.84. The Morgan fingerprint density at radius 1 is 0.828 bits per heavy atom. The van der Waals surface area contributed by atoms with E-state index in [1.165, 1.54) is 0 Å². The Balaban J connectivity index is 1.63. The van der Waals surface area contributed by atoms with Crippen LogP contribution in [0.2, 0.25) is 0 Å². The van der Waals surface area contributed by atoms with Gasteiger partial charge in [0.15, 0.2) is 0 Å². The van der Waals surface area contributed by atoms with E-state index in [4.69, 9.17) is 14.2 Å². The van der Waals surface area contributed by atoms with Crippen molar-refractivity contribution in [1.82, 2.24) is 0 Å². The number of hydrogen-bond donors (Lipinski definition) is 4. The van der Waals surface area contributed by atoms with Gasteiger partial charge >= 0.3 is 0 Å². The molecule has 3 rings (SSSR count). The van der Waals surface area contributed by atoms with Crippen molar-refractivity contribution in [3.05, 3.63) is 48.5 Å². The van der Waals surface area contributed by atoms with E-state index in [9.17, 15) is 20.4 Å². The summed E-state index contributed by atoms with van der Waals surface area (Å²) in [5.74, 6) is 1.27. The molecule has 1 heterocycles. The fourth-order valence-electron chi connectivity index (χ4n) is 3.10. The van der Waals surface area contributed by atoms with Crippen LogP contribution < -0.4 is 9.47 Å². The van der Waals surface area contributed by atoms with Crippen LogP contribution in [-0.2, 0) is 4.74 Å². The topological polar surface area (TPSA) is 109 Å².